The van der Waals surface area contributed by atoms with Gasteiger partial charge >= 0.3 is 5.97 Å². The fraction of sp³-hybridized carbons (Fsp3) is 0.444. The van der Waals surface area contributed by atoms with E-state index in [-0.39, 0.29) is 24.8 Å². The summed E-state index contributed by atoms with van der Waals surface area (Å²) in [6, 6.07) is 8.84. The van der Waals surface area contributed by atoms with Crippen LogP contribution >= 0.6 is 0 Å². The third-order valence-electron chi connectivity index (χ3n) is 4.37. The molecule has 7 heteroatoms. The van der Waals surface area contributed by atoms with Crippen LogP contribution in [0.4, 0.5) is 0 Å². The van der Waals surface area contributed by atoms with Crippen LogP contribution in [-0.4, -0.2) is 59.4 Å². The van der Waals surface area contributed by atoms with Crippen molar-refractivity contribution >= 4 is 17.8 Å². The van der Waals surface area contributed by atoms with E-state index in [1.54, 1.807) is 36.2 Å². The van der Waals surface area contributed by atoms with Gasteiger partial charge < -0.3 is 14.9 Å². The number of nitriles is 1. The van der Waals surface area contributed by atoms with E-state index in [0.29, 0.717) is 31.5 Å². The average molecular weight is 343 g/mol. The number of likely N-dealkylation sites (tertiary alicyclic amines) is 1. The number of likely N-dealkylation sites (N-methyl/N-ethyl adjacent to an activating group) is 1. The minimum absolute atomic E-state index is 0.0565. The molecule has 25 heavy (non-hydrogen) atoms. The van der Waals surface area contributed by atoms with E-state index >= 15 is 0 Å². The predicted octanol–water partition coefficient (Wildman–Crippen LogP) is 1.15. The lowest BCUT2D eigenvalue weighted by Gasteiger charge is -2.31. The van der Waals surface area contributed by atoms with Gasteiger partial charge in [-0.2, -0.15) is 5.26 Å². The lowest BCUT2D eigenvalue weighted by molar-refractivity contribution is -0.145. The van der Waals surface area contributed by atoms with Crippen molar-refractivity contribution in [2.75, 3.05) is 26.7 Å². The van der Waals surface area contributed by atoms with Crippen molar-refractivity contribution in [2.45, 2.75) is 19.3 Å². The Morgan fingerprint density at radius 2 is 2.00 bits per heavy atom. The molecule has 1 N–H and O–H groups in total. The van der Waals surface area contributed by atoms with Crippen molar-refractivity contribution in [3.05, 3.63) is 35.4 Å². The zero-order valence-corrected chi connectivity index (χ0v) is 14.1. The largest absolute Gasteiger partial charge is 0.481 e. The summed E-state index contributed by atoms with van der Waals surface area (Å²) in [5.74, 6) is -1.69. The van der Waals surface area contributed by atoms with Crippen LogP contribution in [0.3, 0.4) is 0 Å². The van der Waals surface area contributed by atoms with Gasteiger partial charge in [0.25, 0.3) is 5.91 Å². The maximum absolute atomic E-state index is 12.5. The fourth-order valence-electron chi connectivity index (χ4n) is 2.88. The molecule has 7 nitrogen and oxygen atoms in total. The van der Waals surface area contributed by atoms with Crippen LogP contribution in [0.25, 0.3) is 0 Å². The third-order valence-corrected chi connectivity index (χ3v) is 4.37. The zero-order chi connectivity index (χ0) is 18.4. The van der Waals surface area contributed by atoms with Gasteiger partial charge in [0.05, 0.1) is 25.0 Å². The summed E-state index contributed by atoms with van der Waals surface area (Å²) in [7, 11) is 1.56. The van der Waals surface area contributed by atoms with Crippen LogP contribution < -0.4 is 0 Å². The van der Waals surface area contributed by atoms with E-state index in [2.05, 4.69) is 0 Å². The summed E-state index contributed by atoms with van der Waals surface area (Å²) in [4.78, 5) is 38.7. The number of aliphatic carboxylic acids is 1. The Morgan fingerprint density at radius 3 is 2.60 bits per heavy atom. The summed E-state index contributed by atoms with van der Waals surface area (Å²) in [5.41, 5.74) is 1.19. The Bertz CT molecular complexity index is 703. The number of nitrogens with zero attached hydrogens (tertiary/aromatic N) is 3. The van der Waals surface area contributed by atoms with E-state index in [1.807, 2.05) is 6.07 Å². The molecule has 1 aromatic carbocycles. The van der Waals surface area contributed by atoms with Gasteiger partial charge in [-0.1, -0.05) is 12.1 Å². The maximum Gasteiger partial charge on any atom is 0.306 e. The van der Waals surface area contributed by atoms with Crippen molar-refractivity contribution in [1.82, 2.24) is 9.80 Å². The number of carboxylic acids is 1. The molecular formula is C18H21N3O4. The zero-order valence-electron chi connectivity index (χ0n) is 14.1. The average Bonchev–Trinajstić information content (AvgIpc) is 2.61. The molecule has 1 aliphatic heterocycles. The number of benzene rings is 1. The first kappa shape index (κ1) is 18.5. The van der Waals surface area contributed by atoms with Gasteiger partial charge in [0.1, 0.15) is 0 Å². The van der Waals surface area contributed by atoms with E-state index in [0.717, 1.165) is 5.56 Å². The lowest BCUT2D eigenvalue weighted by atomic mass is 9.97. The summed E-state index contributed by atoms with van der Waals surface area (Å²) in [6.45, 7) is 0.740. The van der Waals surface area contributed by atoms with Gasteiger partial charge in [0.15, 0.2) is 0 Å². The minimum Gasteiger partial charge on any atom is -0.481 e. The van der Waals surface area contributed by atoms with Gasteiger partial charge in [-0.25, -0.2) is 0 Å². The SMILES string of the molecule is CN(CC(=O)N1CCC(C(=O)O)CC1)C(=O)c1cccc(CC#N)c1. The number of carbonyl (C=O) groups excluding carboxylic acids is 2. The van der Waals surface area contributed by atoms with E-state index < -0.39 is 11.9 Å². The quantitative estimate of drug-likeness (QED) is 0.864. The van der Waals surface area contributed by atoms with Crippen LogP contribution in [0.2, 0.25) is 0 Å². The highest BCUT2D eigenvalue weighted by Crippen LogP contribution is 2.17. The molecule has 1 saturated heterocycles. The highest BCUT2D eigenvalue weighted by molar-refractivity contribution is 5.96. The van der Waals surface area contributed by atoms with Crippen LogP contribution in [0.1, 0.15) is 28.8 Å². The molecule has 1 heterocycles. The number of hydrogen-bond acceptors (Lipinski definition) is 4. The first-order chi connectivity index (χ1) is 11.9. The topological polar surface area (TPSA) is 102 Å². The van der Waals surface area contributed by atoms with Gasteiger partial charge in [-0.05, 0) is 30.5 Å². The minimum atomic E-state index is -0.823. The molecule has 0 radical (unpaired) electrons. The molecular weight excluding hydrogens is 322 g/mol. The number of rotatable bonds is 5. The smallest absolute Gasteiger partial charge is 0.306 e. The second-order valence-corrected chi connectivity index (χ2v) is 6.19. The first-order valence-electron chi connectivity index (χ1n) is 8.14. The van der Waals surface area contributed by atoms with Gasteiger partial charge in [-0.15, -0.1) is 0 Å². The van der Waals surface area contributed by atoms with Crippen molar-refractivity contribution < 1.29 is 19.5 Å². The van der Waals surface area contributed by atoms with E-state index in [4.69, 9.17) is 10.4 Å². The monoisotopic (exact) mass is 343 g/mol. The summed E-state index contributed by atoms with van der Waals surface area (Å²) < 4.78 is 0. The van der Waals surface area contributed by atoms with E-state index in [1.165, 1.54) is 4.90 Å². The van der Waals surface area contributed by atoms with E-state index in [9.17, 15) is 14.4 Å². The molecule has 0 bridgehead atoms. The number of carboxylic acid groups (broad SMARTS) is 1. The summed E-state index contributed by atoms with van der Waals surface area (Å²) >= 11 is 0. The Balaban J connectivity index is 1.93. The highest BCUT2D eigenvalue weighted by Gasteiger charge is 2.28. The molecule has 0 atom stereocenters. The molecule has 1 aliphatic rings. The molecule has 0 spiro atoms. The molecule has 2 rings (SSSR count). The molecule has 0 saturated carbocycles. The van der Waals surface area contributed by atoms with Crippen molar-refractivity contribution in [3.8, 4) is 6.07 Å². The van der Waals surface area contributed by atoms with Crippen LogP contribution in [0.5, 0.6) is 0 Å². The number of piperidine rings is 1. The molecule has 2 amide bonds. The molecule has 0 unspecified atom stereocenters. The summed E-state index contributed by atoms with van der Waals surface area (Å²) in [5, 5.41) is 17.7. The molecule has 1 fully saturated rings. The van der Waals surface area contributed by atoms with Crippen molar-refractivity contribution in [1.29, 1.82) is 5.26 Å². The Morgan fingerprint density at radius 1 is 1.32 bits per heavy atom. The first-order valence-corrected chi connectivity index (χ1v) is 8.14. The van der Waals surface area contributed by atoms with Crippen LogP contribution in [0, 0.1) is 17.2 Å². The number of amides is 2. The molecule has 0 aliphatic carbocycles. The van der Waals surface area contributed by atoms with Gasteiger partial charge in [0, 0.05) is 25.7 Å². The normalized spacial score (nSPS) is 14.6. The fourth-order valence-corrected chi connectivity index (χ4v) is 2.88. The lowest BCUT2D eigenvalue weighted by Crippen LogP contribution is -2.45. The summed E-state index contributed by atoms with van der Waals surface area (Å²) in [6.07, 6.45) is 1.10. The standard InChI is InChI=1S/C18H21N3O4/c1-20(17(23)15-4-2-3-13(11-15)5-8-19)12-16(22)21-9-6-14(7-10-21)18(24)25/h2-4,11,14H,5-7,9-10,12H2,1H3,(H,24,25). The number of carbonyl (C=O) groups is 3. The Labute approximate surface area is 146 Å². The van der Waals surface area contributed by atoms with Crippen LogP contribution in [-0.2, 0) is 16.0 Å². The second-order valence-electron chi connectivity index (χ2n) is 6.19. The molecule has 1 aromatic rings. The Hall–Kier alpha value is -2.88. The number of hydrogen-bond donors (Lipinski definition) is 1. The molecule has 0 aromatic heterocycles. The predicted molar refractivity (Wildman–Crippen MR) is 89.7 cm³/mol. The van der Waals surface area contributed by atoms with Gasteiger partial charge in [0.2, 0.25) is 5.91 Å². The van der Waals surface area contributed by atoms with Gasteiger partial charge in [-0.3, -0.25) is 14.4 Å². The second kappa shape index (κ2) is 8.29. The third kappa shape index (κ3) is 4.80. The van der Waals surface area contributed by atoms with Crippen LogP contribution in [0.15, 0.2) is 24.3 Å². The highest BCUT2D eigenvalue weighted by atomic mass is 16.4. The van der Waals surface area contributed by atoms with Crippen molar-refractivity contribution in [3.63, 3.8) is 0 Å². The Kier molecular flexibility index (Phi) is 6.12. The molecule has 132 valence electrons. The van der Waals surface area contributed by atoms with Crippen molar-refractivity contribution in [2.24, 2.45) is 5.92 Å². The maximum atomic E-state index is 12.5.